The van der Waals surface area contributed by atoms with Crippen LogP contribution in [0.5, 0.6) is 0 Å². The molecule has 3 heterocycles. The van der Waals surface area contributed by atoms with E-state index in [1.165, 1.54) is 23.5 Å². The number of rotatable bonds is 5. The van der Waals surface area contributed by atoms with Crippen LogP contribution >= 0.6 is 22.7 Å². The summed E-state index contributed by atoms with van der Waals surface area (Å²) in [6.07, 6.45) is 0. The summed E-state index contributed by atoms with van der Waals surface area (Å²) in [7, 11) is 3.93. The highest BCUT2D eigenvalue weighted by molar-refractivity contribution is 7.18. The number of nitrogens with zero attached hydrogens (tertiary/aromatic N) is 4. The van der Waals surface area contributed by atoms with E-state index in [9.17, 15) is 14.9 Å². The first-order chi connectivity index (χ1) is 14.3. The molecule has 1 N–H and O–H groups in total. The third kappa shape index (κ3) is 3.74. The number of hydrogen-bond donors (Lipinski definition) is 1. The first-order valence-electron chi connectivity index (χ1n) is 8.92. The predicted molar refractivity (Wildman–Crippen MR) is 121 cm³/mol. The molecule has 0 saturated carbocycles. The number of amides is 1. The normalized spacial score (nSPS) is 10.9. The zero-order valence-electron chi connectivity index (χ0n) is 16.4. The second-order valence-electron chi connectivity index (χ2n) is 6.78. The van der Waals surface area contributed by atoms with Crippen LogP contribution in [0.1, 0.15) is 15.2 Å². The molecule has 1 amide bonds. The van der Waals surface area contributed by atoms with Crippen LogP contribution in [0, 0.1) is 17.0 Å². The maximum absolute atomic E-state index is 12.7. The minimum absolute atomic E-state index is 0.0818. The minimum Gasteiger partial charge on any atom is -0.378 e. The number of benzene rings is 1. The Labute approximate surface area is 180 Å². The maximum atomic E-state index is 12.7. The minimum atomic E-state index is -0.511. The van der Waals surface area contributed by atoms with Gasteiger partial charge in [0.25, 0.3) is 5.91 Å². The van der Waals surface area contributed by atoms with Gasteiger partial charge in [-0.05, 0) is 48.2 Å². The number of thiophene rings is 2. The molecule has 0 aliphatic carbocycles. The third-order valence-electron chi connectivity index (χ3n) is 4.46. The van der Waals surface area contributed by atoms with Crippen LogP contribution in [0.2, 0.25) is 0 Å². The van der Waals surface area contributed by atoms with Gasteiger partial charge in [-0.1, -0.05) is 11.3 Å². The van der Waals surface area contributed by atoms with Crippen molar-refractivity contribution in [2.75, 3.05) is 24.3 Å². The SMILES string of the molecule is Cc1csc2c(NC(=O)c3ccc([N+](=O)[O-])s3)nc(-c3ccc(N(C)C)cc3)nc12. The van der Waals surface area contributed by atoms with E-state index >= 15 is 0 Å². The molecular formula is C20H17N5O3S2. The second kappa shape index (κ2) is 7.81. The van der Waals surface area contributed by atoms with Crippen molar-refractivity contribution in [3.8, 4) is 11.4 Å². The number of nitrogens with one attached hydrogen (secondary N) is 1. The van der Waals surface area contributed by atoms with Gasteiger partial charge in [0, 0.05) is 31.4 Å². The number of anilines is 2. The lowest BCUT2D eigenvalue weighted by Crippen LogP contribution is -2.12. The van der Waals surface area contributed by atoms with Gasteiger partial charge in [-0.3, -0.25) is 14.9 Å². The van der Waals surface area contributed by atoms with E-state index in [1.54, 1.807) is 0 Å². The van der Waals surface area contributed by atoms with Crippen LogP contribution < -0.4 is 10.2 Å². The Bertz CT molecular complexity index is 1260. The quantitative estimate of drug-likeness (QED) is 0.349. The molecule has 0 aliphatic heterocycles. The summed E-state index contributed by atoms with van der Waals surface area (Å²) >= 11 is 2.27. The van der Waals surface area contributed by atoms with Crippen molar-refractivity contribution in [2.24, 2.45) is 0 Å². The molecule has 0 fully saturated rings. The Hall–Kier alpha value is -3.37. The Morgan fingerprint density at radius 2 is 1.87 bits per heavy atom. The largest absolute Gasteiger partial charge is 0.378 e. The Morgan fingerprint density at radius 3 is 2.50 bits per heavy atom. The van der Waals surface area contributed by atoms with Gasteiger partial charge in [0.2, 0.25) is 0 Å². The van der Waals surface area contributed by atoms with Gasteiger partial charge in [-0.15, -0.1) is 11.3 Å². The van der Waals surface area contributed by atoms with Gasteiger partial charge >= 0.3 is 5.00 Å². The van der Waals surface area contributed by atoms with Crippen molar-refractivity contribution in [1.82, 2.24) is 9.97 Å². The molecular weight excluding hydrogens is 422 g/mol. The van der Waals surface area contributed by atoms with Crippen molar-refractivity contribution < 1.29 is 9.72 Å². The van der Waals surface area contributed by atoms with Gasteiger partial charge in [0.05, 0.1) is 20.0 Å². The summed E-state index contributed by atoms with van der Waals surface area (Å²) in [5, 5.41) is 15.6. The summed E-state index contributed by atoms with van der Waals surface area (Å²) in [6, 6.07) is 10.6. The Morgan fingerprint density at radius 1 is 1.13 bits per heavy atom. The predicted octanol–water partition coefficient (Wildman–Crippen LogP) is 4.95. The van der Waals surface area contributed by atoms with E-state index in [4.69, 9.17) is 4.98 Å². The van der Waals surface area contributed by atoms with Gasteiger partial charge in [-0.25, -0.2) is 9.97 Å². The smallest absolute Gasteiger partial charge is 0.324 e. The molecule has 0 atom stereocenters. The van der Waals surface area contributed by atoms with Crippen molar-refractivity contribution in [2.45, 2.75) is 6.92 Å². The van der Waals surface area contributed by atoms with Crippen LogP contribution in [-0.4, -0.2) is 34.9 Å². The fourth-order valence-corrected chi connectivity index (χ4v) is 4.52. The van der Waals surface area contributed by atoms with E-state index in [0.717, 1.165) is 38.4 Å². The molecule has 152 valence electrons. The molecule has 10 heteroatoms. The number of nitro groups is 1. The number of carbonyl (C=O) groups excluding carboxylic acids is 1. The number of fused-ring (bicyclic) bond motifs is 1. The van der Waals surface area contributed by atoms with Crippen LogP contribution in [0.4, 0.5) is 16.5 Å². The molecule has 0 spiro atoms. The average Bonchev–Trinajstić information content (AvgIpc) is 3.36. The molecule has 1 aromatic carbocycles. The standard InChI is InChI=1S/C20H17N5O3S2/c1-11-10-29-17-16(11)21-18(12-4-6-13(7-5-12)24(2)3)22-19(17)23-20(26)14-8-9-15(30-14)25(27)28/h4-10H,1-3H3,(H,21,22,23,26). The first kappa shape index (κ1) is 19.9. The molecule has 30 heavy (non-hydrogen) atoms. The molecule has 8 nitrogen and oxygen atoms in total. The molecule has 3 aromatic heterocycles. The third-order valence-corrected chi connectivity index (χ3v) is 6.59. The fraction of sp³-hybridized carbons (Fsp3) is 0.150. The van der Waals surface area contributed by atoms with E-state index in [1.807, 2.05) is 55.6 Å². The van der Waals surface area contributed by atoms with Crippen LogP contribution in [0.15, 0.2) is 41.8 Å². The van der Waals surface area contributed by atoms with Crippen molar-refractivity contribution in [1.29, 1.82) is 0 Å². The highest BCUT2D eigenvalue weighted by Crippen LogP contribution is 2.33. The molecule has 0 unspecified atom stereocenters. The Kier molecular flexibility index (Phi) is 5.18. The van der Waals surface area contributed by atoms with Crippen molar-refractivity contribution >= 4 is 55.3 Å². The fourth-order valence-electron chi connectivity index (χ4n) is 2.87. The summed E-state index contributed by atoms with van der Waals surface area (Å²) < 4.78 is 0.764. The molecule has 4 aromatic rings. The zero-order valence-corrected chi connectivity index (χ0v) is 18.0. The van der Waals surface area contributed by atoms with Gasteiger partial charge in [0.1, 0.15) is 0 Å². The molecule has 0 bridgehead atoms. The lowest BCUT2D eigenvalue weighted by atomic mass is 10.2. The van der Waals surface area contributed by atoms with E-state index in [2.05, 4.69) is 10.3 Å². The lowest BCUT2D eigenvalue weighted by molar-refractivity contribution is -0.380. The second-order valence-corrected chi connectivity index (χ2v) is 8.72. The number of carbonyl (C=O) groups is 1. The van der Waals surface area contributed by atoms with Crippen LogP contribution in [0.25, 0.3) is 21.6 Å². The first-order valence-corrected chi connectivity index (χ1v) is 10.6. The number of aryl methyl sites for hydroxylation is 1. The van der Waals surface area contributed by atoms with Gasteiger partial charge in [0.15, 0.2) is 11.6 Å². The van der Waals surface area contributed by atoms with E-state index in [-0.39, 0.29) is 9.88 Å². The monoisotopic (exact) mass is 439 g/mol. The number of hydrogen-bond acceptors (Lipinski definition) is 8. The topological polar surface area (TPSA) is 101 Å². The molecule has 4 rings (SSSR count). The van der Waals surface area contributed by atoms with Crippen LogP contribution in [-0.2, 0) is 0 Å². The highest BCUT2D eigenvalue weighted by atomic mass is 32.1. The van der Waals surface area contributed by atoms with E-state index < -0.39 is 10.8 Å². The maximum Gasteiger partial charge on any atom is 0.324 e. The summed E-state index contributed by atoms with van der Waals surface area (Å²) in [5.41, 5.74) is 3.65. The summed E-state index contributed by atoms with van der Waals surface area (Å²) in [6.45, 7) is 1.96. The van der Waals surface area contributed by atoms with Gasteiger partial charge < -0.3 is 10.2 Å². The van der Waals surface area contributed by atoms with Crippen molar-refractivity contribution in [3.63, 3.8) is 0 Å². The van der Waals surface area contributed by atoms with Gasteiger partial charge in [-0.2, -0.15) is 0 Å². The summed E-state index contributed by atoms with van der Waals surface area (Å²) in [5.74, 6) is 0.459. The summed E-state index contributed by atoms with van der Waals surface area (Å²) in [4.78, 5) is 34.6. The number of aromatic nitrogens is 2. The Balaban J connectivity index is 1.73. The molecule has 0 saturated heterocycles. The molecule has 0 radical (unpaired) electrons. The zero-order chi connectivity index (χ0) is 21.4. The van der Waals surface area contributed by atoms with Crippen LogP contribution in [0.3, 0.4) is 0 Å². The highest BCUT2D eigenvalue weighted by Gasteiger charge is 2.19. The average molecular weight is 440 g/mol. The van der Waals surface area contributed by atoms with Crippen molar-refractivity contribution in [3.05, 3.63) is 62.3 Å². The molecule has 0 aliphatic rings. The lowest BCUT2D eigenvalue weighted by Gasteiger charge is -2.13. The van der Waals surface area contributed by atoms with E-state index in [0.29, 0.717) is 11.6 Å².